The molecule has 0 aromatic carbocycles. The van der Waals surface area contributed by atoms with Crippen molar-refractivity contribution >= 4 is 22.8 Å². The molecule has 1 fully saturated rings. The maximum absolute atomic E-state index is 5.92. The van der Waals surface area contributed by atoms with E-state index in [0.717, 1.165) is 30.0 Å². The first-order valence-corrected chi connectivity index (χ1v) is 7.41. The molecule has 4 rings (SSSR count). The van der Waals surface area contributed by atoms with Crippen LogP contribution >= 0.6 is 11.6 Å². The van der Waals surface area contributed by atoms with Gasteiger partial charge >= 0.3 is 0 Å². The summed E-state index contributed by atoms with van der Waals surface area (Å²) < 4.78 is 7.73. The highest BCUT2D eigenvalue weighted by molar-refractivity contribution is 6.28. The fraction of sp³-hybridized carbons (Fsp3) is 0.333. The zero-order chi connectivity index (χ0) is 14.4. The number of rotatable bonds is 2. The predicted molar refractivity (Wildman–Crippen MR) is 81.1 cm³/mol. The minimum atomic E-state index is 0.253. The molecule has 0 N–H and O–H groups in total. The van der Waals surface area contributed by atoms with E-state index in [1.54, 1.807) is 12.3 Å². The Morgan fingerprint density at radius 2 is 2.24 bits per heavy atom. The number of pyridine rings is 1. The Balaban J connectivity index is 1.97. The standard InChI is InChI=1S/C15H15ClN4O/c1-19-9-3-5-13(19)20-14-10(4-2-8-17-14)18-15(20)11-6-7-12(16)21-11/h2,4,6-8,13H,3,5,9H2,1H3. The highest BCUT2D eigenvalue weighted by Crippen LogP contribution is 2.34. The number of imidazole rings is 1. The van der Waals surface area contributed by atoms with Gasteiger partial charge in [-0.25, -0.2) is 9.97 Å². The number of fused-ring (bicyclic) bond motifs is 1. The molecule has 1 aliphatic heterocycles. The van der Waals surface area contributed by atoms with Crippen LogP contribution < -0.4 is 0 Å². The van der Waals surface area contributed by atoms with Gasteiger partial charge in [-0.3, -0.25) is 9.47 Å². The number of likely N-dealkylation sites (tertiary alicyclic amines) is 1. The fourth-order valence-electron chi connectivity index (χ4n) is 3.04. The van der Waals surface area contributed by atoms with Crippen molar-refractivity contribution in [3.05, 3.63) is 35.7 Å². The van der Waals surface area contributed by atoms with Crippen molar-refractivity contribution in [1.29, 1.82) is 0 Å². The smallest absolute Gasteiger partial charge is 0.194 e. The molecule has 21 heavy (non-hydrogen) atoms. The van der Waals surface area contributed by atoms with E-state index in [-0.39, 0.29) is 6.17 Å². The third kappa shape index (κ3) is 2.04. The molecule has 4 heterocycles. The zero-order valence-corrected chi connectivity index (χ0v) is 12.4. The molecule has 1 atom stereocenters. The largest absolute Gasteiger partial charge is 0.441 e. The monoisotopic (exact) mass is 302 g/mol. The second-order valence-corrected chi connectivity index (χ2v) is 5.73. The van der Waals surface area contributed by atoms with Gasteiger partial charge in [0.1, 0.15) is 5.52 Å². The van der Waals surface area contributed by atoms with E-state index in [9.17, 15) is 0 Å². The van der Waals surface area contributed by atoms with E-state index in [4.69, 9.17) is 21.0 Å². The Hall–Kier alpha value is -1.85. The van der Waals surface area contributed by atoms with Gasteiger partial charge in [0.05, 0.1) is 6.17 Å². The average Bonchev–Trinajstić information content (AvgIpc) is 3.16. The summed E-state index contributed by atoms with van der Waals surface area (Å²) in [4.78, 5) is 11.5. The van der Waals surface area contributed by atoms with Crippen LogP contribution in [-0.2, 0) is 0 Å². The van der Waals surface area contributed by atoms with Crippen molar-refractivity contribution in [2.75, 3.05) is 13.6 Å². The number of hydrogen-bond donors (Lipinski definition) is 0. The number of hydrogen-bond acceptors (Lipinski definition) is 4. The third-order valence-electron chi connectivity index (χ3n) is 4.02. The molecule has 0 saturated carbocycles. The minimum absolute atomic E-state index is 0.253. The highest BCUT2D eigenvalue weighted by Gasteiger charge is 2.28. The summed E-state index contributed by atoms with van der Waals surface area (Å²) in [6, 6.07) is 7.47. The summed E-state index contributed by atoms with van der Waals surface area (Å²) in [7, 11) is 2.13. The Bertz CT molecular complexity index is 794. The lowest BCUT2D eigenvalue weighted by Crippen LogP contribution is -2.23. The van der Waals surface area contributed by atoms with Gasteiger partial charge in [-0.05, 0) is 62.3 Å². The molecule has 1 unspecified atom stereocenters. The van der Waals surface area contributed by atoms with Gasteiger partial charge in [0.15, 0.2) is 22.5 Å². The Morgan fingerprint density at radius 1 is 1.33 bits per heavy atom. The molecule has 0 spiro atoms. The van der Waals surface area contributed by atoms with Crippen molar-refractivity contribution in [3.63, 3.8) is 0 Å². The minimum Gasteiger partial charge on any atom is -0.441 e. The van der Waals surface area contributed by atoms with E-state index in [1.807, 2.05) is 18.2 Å². The van der Waals surface area contributed by atoms with E-state index in [2.05, 4.69) is 21.5 Å². The van der Waals surface area contributed by atoms with Crippen LogP contribution in [-0.4, -0.2) is 33.0 Å². The number of aromatic nitrogens is 3. The molecule has 3 aromatic rings. The van der Waals surface area contributed by atoms with Gasteiger partial charge in [-0.2, -0.15) is 0 Å². The lowest BCUT2D eigenvalue weighted by atomic mass is 10.3. The molecule has 1 aliphatic rings. The van der Waals surface area contributed by atoms with Crippen LogP contribution in [0.1, 0.15) is 19.0 Å². The van der Waals surface area contributed by atoms with Crippen LogP contribution in [0.2, 0.25) is 5.22 Å². The van der Waals surface area contributed by atoms with Gasteiger partial charge < -0.3 is 4.42 Å². The molecule has 1 saturated heterocycles. The first kappa shape index (κ1) is 12.9. The fourth-order valence-corrected chi connectivity index (χ4v) is 3.19. The summed E-state index contributed by atoms with van der Waals surface area (Å²) in [6.07, 6.45) is 4.31. The number of halogens is 1. The van der Waals surface area contributed by atoms with Crippen LogP contribution in [0.5, 0.6) is 0 Å². The average molecular weight is 303 g/mol. The van der Waals surface area contributed by atoms with Crippen molar-refractivity contribution in [2.24, 2.45) is 0 Å². The highest BCUT2D eigenvalue weighted by atomic mass is 35.5. The van der Waals surface area contributed by atoms with E-state index < -0.39 is 0 Å². The molecular formula is C15H15ClN4O. The van der Waals surface area contributed by atoms with E-state index in [0.29, 0.717) is 11.0 Å². The Labute approximate surface area is 127 Å². The predicted octanol–water partition coefficient (Wildman–Crippen LogP) is 3.57. The molecule has 3 aromatic heterocycles. The Kier molecular flexibility index (Phi) is 2.97. The quantitative estimate of drug-likeness (QED) is 0.726. The zero-order valence-electron chi connectivity index (χ0n) is 11.7. The molecular weight excluding hydrogens is 288 g/mol. The number of nitrogens with zero attached hydrogens (tertiary/aromatic N) is 4. The molecule has 0 radical (unpaired) electrons. The molecule has 0 bridgehead atoms. The summed E-state index contributed by atoms with van der Waals surface area (Å²) in [6.45, 7) is 1.08. The van der Waals surface area contributed by atoms with Crippen LogP contribution in [0.3, 0.4) is 0 Å². The van der Waals surface area contributed by atoms with Gasteiger partial charge in [0.2, 0.25) is 0 Å². The van der Waals surface area contributed by atoms with Crippen LogP contribution in [0.25, 0.3) is 22.7 Å². The normalized spacial score (nSPS) is 19.6. The second-order valence-electron chi connectivity index (χ2n) is 5.36. The van der Waals surface area contributed by atoms with Crippen molar-refractivity contribution in [1.82, 2.24) is 19.4 Å². The lowest BCUT2D eigenvalue weighted by molar-refractivity contribution is 0.243. The van der Waals surface area contributed by atoms with E-state index >= 15 is 0 Å². The molecule has 108 valence electrons. The summed E-state index contributed by atoms with van der Waals surface area (Å²) in [5, 5.41) is 0.372. The first-order chi connectivity index (χ1) is 10.2. The molecule has 6 heteroatoms. The molecule has 5 nitrogen and oxygen atoms in total. The van der Waals surface area contributed by atoms with Crippen molar-refractivity contribution < 1.29 is 4.42 Å². The van der Waals surface area contributed by atoms with Crippen LogP contribution in [0.15, 0.2) is 34.9 Å². The maximum atomic E-state index is 5.92. The SMILES string of the molecule is CN1CCCC1n1c(-c2ccc(Cl)o2)nc2cccnc21. The lowest BCUT2D eigenvalue weighted by Gasteiger charge is -2.22. The van der Waals surface area contributed by atoms with Crippen LogP contribution in [0.4, 0.5) is 0 Å². The van der Waals surface area contributed by atoms with Gasteiger partial charge in [-0.1, -0.05) is 0 Å². The topological polar surface area (TPSA) is 47.1 Å². The van der Waals surface area contributed by atoms with Crippen molar-refractivity contribution in [3.8, 4) is 11.6 Å². The number of furan rings is 1. The third-order valence-corrected chi connectivity index (χ3v) is 4.23. The van der Waals surface area contributed by atoms with Crippen LogP contribution in [0, 0.1) is 0 Å². The first-order valence-electron chi connectivity index (χ1n) is 7.03. The Morgan fingerprint density at radius 3 is 2.95 bits per heavy atom. The van der Waals surface area contributed by atoms with E-state index in [1.165, 1.54) is 6.42 Å². The maximum Gasteiger partial charge on any atom is 0.194 e. The van der Waals surface area contributed by atoms with Gasteiger partial charge in [0.25, 0.3) is 0 Å². The van der Waals surface area contributed by atoms with Crippen molar-refractivity contribution in [2.45, 2.75) is 19.0 Å². The van der Waals surface area contributed by atoms with Gasteiger partial charge in [0, 0.05) is 6.20 Å². The second kappa shape index (κ2) is 4.86. The van der Waals surface area contributed by atoms with Gasteiger partial charge in [-0.15, -0.1) is 0 Å². The summed E-state index contributed by atoms with van der Waals surface area (Å²) >= 11 is 5.92. The summed E-state index contributed by atoms with van der Waals surface area (Å²) in [5.74, 6) is 1.47. The summed E-state index contributed by atoms with van der Waals surface area (Å²) in [5.41, 5.74) is 1.76. The molecule has 0 aliphatic carbocycles. The molecule has 0 amide bonds.